The number of ether oxygens (including phenoxy) is 1. The molecule has 0 aliphatic carbocycles. The van der Waals surface area contributed by atoms with Crippen LogP contribution in [0.3, 0.4) is 0 Å². The second-order valence-corrected chi connectivity index (χ2v) is 9.03. The van der Waals surface area contributed by atoms with Crippen LogP contribution in [0.15, 0.2) is 84.9 Å². The number of amides is 2. The van der Waals surface area contributed by atoms with Crippen molar-refractivity contribution in [3.05, 3.63) is 101 Å². The molecule has 3 rings (SSSR count). The van der Waals surface area contributed by atoms with Crippen molar-refractivity contribution in [1.82, 2.24) is 10.2 Å². The van der Waals surface area contributed by atoms with Gasteiger partial charge in [-0.1, -0.05) is 86.1 Å². The molecule has 0 saturated carbocycles. The molecule has 1 atom stereocenters. The topological polar surface area (TPSA) is 58.6 Å². The van der Waals surface area contributed by atoms with Gasteiger partial charge in [-0.3, -0.25) is 9.59 Å². The van der Waals surface area contributed by atoms with Crippen molar-refractivity contribution >= 4 is 23.4 Å². The zero-order valence-electron chi connectivity index (χ0n) is 19.6. The van der Waals surface area contributed by atoms with Crippen molar-refractivity contribution in [2.24, 2.45) is 5.92 Å². The molecule has 0 saturated heterocycles. The average Bonchev–Trinajstić information content (AvgIpc) is 2.84. The molecule has 5 nitrogen and oxygen atoms in total. The Bertz CT molecular complexity index is 1060. The van der Waals surface area contributed by atoms with Crippen LogP contribution in [-0.4, -0.2) is 35.9 Å². The van der Waals surface area contributed by atoms with E-state index in [1.807, 2.05) is 80.6 Å². The summed E-state index contributed by atoms with van der Waals surface area (Å²) in [6.07, 6.45) is 0.391. The van der Waals surface area contributed by atoms with E-state index in [-0.39, 0.29) is 25.0 Å². The number of nitrogens with zero attached hydrogens (tertiary/aromatic N) is 1. The normalized spacial score (nSPS) is 11.6. The molecule has 6 heteroatoms. The maximum Gasteiger partial charge on any atom is 0.261 e. The van der Waals surface area contributed by atoms with Crippen LogP contribution < -0.4 is 10.1 Å². The summed E-state index contributed by atoms with van der Waals surface area (Å²) in [4.78, 5) is 28.4. The molecule has 0 aromatic heterocycles. The SMILES string of the molecule is CC(C)CNC(=O)[C@@H](Cc1ccccc1)N(Cc1cccc(Cl)c1)C(=O)COc1ccccc1. The lowest BCUT2D eigenvalue weighted by atomic mass is 10.0. The predicted molar refractivity (Wildman–Crippen MR) is 136 cm³/mol. The van der Waals surface area contributed by atoms with E-state index >= 15 is 0 Å². The average molecular weight is 479 g/mol. The van der Waals surface area contributed by atoms with Crippen LogP contribution in [0.2, 0.25) is 5.02 Å². The third kappa shape index (κ3) is 7.92. The number of benzene rings is 3. The van der Waals surface area contributed by atoms with Gasteiger partial charge in [-0.25, -0.2) is 0 Å². The van der Waals surface area contributed by atoms with Crippen molar-refractivity contribution in [3.8, 4) is 5.75 Å². The number of carbonyl (C=O) groups is 2. The van der Waals surface area contributed by atoms with E-state index in [9.17, 15) is 9.59 Å². The standard InChI is InChI=1S/C28H31ClN2O3/c1-21(2)18-30-28(33)26(17-22-10-5-3-6-11-22)31(19-23-12-9-13-24(29)16-23)27(32)20-34-25-14-7-4-8-15-25/h3-16,21,26H,17-20H2,1-2H3,(H,30,33)/t26-/m1/s1. The van der Waals surface area contributed by atoms with Gasteiger partial charge in [-0.05, 0) is 41.3 Å². The first-order chi connectivity index (χ1) is 16.4. The van der Waals surface area contributed by atoms with Gasteiger partial charge in [0.2, 0.25) is 5.91 Å². The Hall–Kier alpha value is -3.31. The zero-order valence-corrected chi connectivity index (χ0v) is 20.4. The third-order valence-corrected chi connectivity index (χ3v) is 5.54. The van der Waals surface area contributed by atoms with E-state index < -0.39 is 6.04 Å². The summed E-state index contributed by atoms with van der Waals surface area (Å²) < 4.78 is 5.74. The number of rotatable bonds is 11. The van der Waals surface area contributed by atoms with Crippen LogP contribution in [-0.2, 0) is 22.6 Å². The molecule has 0 heterocycles. The minimum Gasteiger partial charge on any atom is -0.484 e. The summed E-state index contributed by atoms with van der Waals surface area (Å²) in [7, 11) is 0. The van der Waals surface area contributed by atoms with Crippen LogP contribution in [0.4, 0.5) is 0 Å². The Kier molecular flexibility index (Phi) is 9.53. The first kappa shape index (κ1) is 25.3. The van der Waals surface area contributed by atoms with Gasteiger partial charge >= 0.3 is 0 Å². The highest BCUT2D eigenvalue weighted by molar-refractivity contribution is 6.30. The van der Waals surface area contributed by atoms with E-state index in [4.69, 9.17) is 16.3 Å². The molecule has 0 radical (unpaired) electrons. The molecule has 0 aliphatic heterocycles. The van der Waals surface area contributed by atoms with Crippen molar-refractivity contribution in [3.63, 3.8) is 0 Å². The molecule has 1 N–H and O–H groups in total. The lowest BCUT2D eigenvalue weighted by molar-refractivity contribution is -0.142. The summed E-state index contributed by atoms with van der Waals surface area (Å²) in [6.45, 7) is 4.67. The first-order valence-electron chi connectivity index (χ1n) is 11.5. The maximum absolute atomic E-state index is 13.5. The number of para-hydroxylation sites is 1. The highest BCUT2D eigenvalue weighted by atomic mass is 35.5. The minimum atomic E-state index is -0.702. The zero-order chi connectivity index (χ0) is 24.3. The van der Waals surface area contributed by atoms with Crippen molar-refractivity contribution < 1.29 is 14.3 Å². The molecule has 0 unspecified atom stereocenters. The van der Waals surface area contributed by atoms with Gasteiger partial charge in [0.05, 0.1) is 0 Å². The Labute approximate surface area is 206 Å². The molecule has 0 bridgehead atoms. The number of carbonyl (C=O) groups excluding carboxylic acids is 2. The van der Waals surface area contributed by atoms with E-state index in [1.165, 1.54) is 0 Å². The van der Waals surface area contributed by atoms with E-state index in [0.29, 0.717) is 29.7 Å². The highest BCUT2D eigenvalue weighted by Crippen LogP contribution is 2.18. The predicted octanol–water partition coefficient (Wildman–Crippen LogP) is 5.13. The Morgan fingerprint density at radius 1 is 0.912 bits per heavy atom. The lowest BCUT2D eigenvalue weighted by Crippen LogP contribution is -2.52. The van der Waals surface area contributed by atoms with Gasteiger partial charge in [0.1, 0.15) is 11.8 Å². The van der Waals surface area contributed by atoms with Crippen LogP contribution in [0.25, 0.3) is 0 Å². The van der Waals surface area contributed by atoms with E-state index in [0.717, 1.165) is 11.1 Å². The van der Waals surface area contributed by atoms with Gasteiger partial charge in [-0.15, -0.1) is 0 Å². The third-order valence-electron chi connectivity index (χ3n) is 5.30. The molecule has 2 amide bonds. The molecule has 0 aliphatic rings. The Morgan fingerprint density at radius 3 is 2.21 bits per heavy atom. The number of hydrogen-bond donors (Lipinski definition) is 1. The van der Waals surface area contributed by atoms with Gasteiger partial charge in [0, 0.05) is 24.5 Å². The number of nitrogens with one attached hydrogen (secondary N) is 1. The molecule has 0 fully saturated rings. The monoisotopic (exact) mass is 478 g/mol. The summed E-state index contributed by atoms with van der Waals surface area (Å²) in [5.74, 6) is 0.430. The molecule has 3 aromatic carbocycles. The fourth-order valence-corrected chi connectivity index (χ4v) is 3.77. The molecular formula is C28H31ClN2O3. The molecular weight excluding hydrogens is 448 g/mol. The fraction of sp³-hybridized carbons (Fsp3) is 0.286. The highest BCUT2D eigenvalue weighted by Gasteiger charge is 2.30. The van der Waals surface area contributed by atoms with Crippen molar-refractivity contribution in [2.45, 2.75) is 32.9 Å². The smallest absolute Gasteiger partial charge is 0.261 e. The Morgan fingerprint density at radius 2 is 1.56 bits per heavy atom. The van der Waals surface area contributed by atoms with Gasteiger partial charge in [0.25, 0.3) is 5.91 Å². The summed E-state index contributed by atoms with van der Waals surface area (Å²) >= 11 is 6.20. The van der Waals surface area contributed by atoms with Crippen LogP contribution in [0.5, 0.6) is 5.75 Å². The second-order valence-electron chi connectivity index (χ2n) is 8.60. The molecule has 34 heavy (non-hydrogen) atoms. The summed E-state index contributed by atoms with van der Waals surface area (Å²) in [5, 5.41) is 3.59. The lowest BCUT2D eigenvalue weighted by Gasteiger charge is -2.31. The molecule has 3 aromatic rings. The van der Waals surface area contributed by atoms with Crippen LogP contribution in [0.1, 0.15) is 25.0 Å². The first-order valence-corrected chi connectivity index (χ1v) is 11.8. The van der Waals surface area contributed by atoms with E-state index in [1.54, 1.807) is 23.1 Å². The van der Waals surface area contributed by atoms with E-state index in [2.05, 4.69) is 5.32 Å². The second kappa shape index (κ2) is 12.8. The summed E-state index contributed by atoms with van der Waals surface area (Å²) in [6, 6.07) is 25.5. The van der Waals surface area contributed by atoms with Crippen LogP contribution >= 0.6 is 11.6 Å². The van der Waals surface area contributed by atoms with Gasteiger partial charge < -0.3 is 15.0 Å². The molecule has 178 valence electrons. The number of hydrogen-bond acceptors (Lipinski definition) is 3. The summed E-state index contributed by atoms with van der Waals surface area (Å²) in [5.41, 5.74) is 1.82. The Balaban J connectivity index is 1.89. The van der Waals surface area contributed by atoms with Gasteiger partial charge in [-0.2, -0.15) is 0 Å². The van der Waals surface area contributed by atoms with Crippen molar-refractivity contribution in [2.75, 3.05) is 13.2 Å². The minimum absolute atomic E-state index is 0.173. The van der Waals surface area contributed by atoms with Crippen LogP contribution in [0, 0.1) is 5.92 Å². The van der Waals surface area contributed by atoms with Gasteiger partial charge in [0.15, 0.2) is 6.61 Å². The number of halogens is 1. The maximum atomic E-state index is 13.5. The quantitative estimate of drug-likeness (QED) is 0.415. The fourth-order valence-electron chi connectivity index (χ4n) is 3.55. The largest absolute Gasteiger partial charge is 0.484 e. The molecule has 0 spiro atoms. The van der Waals surface area contributed by atoms with Crippen molar-refractivity contribution in [1.29, 1.82) is 0 Å².